The van der Waals surface area contributed by atoms with Gasteiger partial charge in [-0.1, -0.05) is 127 Å². The van der Waals surface area contributed by atoms with Gasteiger partial charge in [0.1, 0.15) is 13.2 Å². The Bertz CT molecular complexity index is 944. The molecule has 286 valence electrons. The van der Waals surface area contributed by atoms with E-state index in [1.807, 2.05) is 27.2 Å². The molecular formula is C40H76N2O6P+. The summed E-state index contributed by atoms with van der Waals surface area (Å²) >= 11 is 0. The lowest BCUT2D eigenvalue weighted by Gasteiger charge is -2.25. The highest BCUT2D eigenvalue weighted by Crippen LogP contribution is 2.43. The molecule has 0 saturated heterocycles. The first-order chi connectivity index (χ1) is 23.5. The molecule has 9 heteroatoms. The van der Waals surface area contributed by atoms with Crippen LogP contribution in [0.1, 0.15) is 149 Å². The van der Waals surface area contributed by atoms with Crippen LogP contribution in [0.15, 0.2) is 48.6 Å². The lowest BCUT2D eigenvalue weighted by atomic mass is 10.1. The number of hydrogen-bond acceptors (Lipinski definition) is 5. The molecule has 0 rings (SSSR count). The summed E-state index contributed by atoms with van der Waals surface area (Å²) in [6, 6.07) is -0.868. The van der Waals surface area contributed by atoms with Crippen molar-refractivity contribution >= 4 is 13.7 Å². The molecule has 0 radical (unpaired) electrons. The number of nitrogens with one attached hydrogen (secondary N) is 1. The molecule has 0 aromatic carbocycles. The number of unbranched alkanes of at least 4 members (excludes halogenated alkanes) is 15. The zero-order valence-electron chi connectivity index (χ0n) is 32.2. The van der Waals surface area contributed by atoms with E-state index < -0.39 is 20.0 Å². The molecule has 0 bridgehead atoms. The highest BCUT2D eigenvalue weighted by Gasteiger charge is 2.27. The number of phosphoric acid groups is 1. The highest BCUT2D eigenvalue weighted by atomic mass is 31.2. The Labute approximate surface area is 301 Å². The summed E-state index contributed by atoms with van der Waals surface area (Å²) in [5, 5.41) is 13.7. The summed E-state index contributed by atoms with van der Waals surface area (Å²) in [7, 11) is 1.53. The molecule has 49 heavy (non-hydrogen) atoms. The van der Waals surface area contributed by atoms with Crippen LogP contribution in [0.4, 0.5) is 0 Å². The number of nitrogens with zero attached hydrogens (tertiary/aromatic N) is 1. The van der Waals surface area contributed by atoms with E-state index in [4.69, 9.17) is 9.05 Å². The zero-order chi connectivity index (χ0) is 36.5. The number of hydrogen-bond donors (Lipinski definition) is 3. The van der Waals surface area contributed by atoms with Crippen molar-refractivity contribution in [2.45, 2.75) is 161 Å². The number of allylic oxidation sites excluding steroid dienone is 7. The molecule has 0 aliphatic rings. The van der Waals surface area contributed by atoms with Gasteiger partial charge in [-0.25, -0.2) is 4.57 Å². The second kappa shape index (κ2) is 32.4. The van der Waals surface area contributed by atoms with Crippen LogP contribution >= 0.6 is 7.82 Å². The molecular weight excluding hydrogens is 635 g/mol. The number of rotatable bonds is 34. The van der Waals surface area contributed by atoms with Gasteiger partial charge in [-0.3, -0.25) is 13.8 Å². The van der Waals surface area contributed by atoms with E-state index in [0.717, 1.165) is 64.2 Å². The third-order valence-corrected chi connectivity index (χ3v) is 9.26. The van der Waals surface area contributed by atoms with Crippen molar-refractivity contribution in [1.82, 2.24) is 5.32 Å². The maximum absolute atomic E-state index is 12.8. The Hall–Kier alpha value is -1.54. The Balaban J connectivity index is 4.60. The minimum atomic E-state index is -4.34. The second-order valence-electron chi connectivity index (χ2n) is 14.3. The maximum atomic E-state index is 12.8. The molecule has 0 spiro atoms. The van der Waals surface area contributed by atoms with Crippen LogP contribution in [-0.2, 0) is 18.4 Å². The van der Waals surface area contributed by atoms with E-state index >= 15 is 0 Å². The molecule has 3 atom stereocenters. The molecule has 0 aliphatic heterocycles. The van der Waals surface area contributed by atoms with Gasteiger partial charge in [0.2, 0.25) is 5.91 Å². The maximum Gasteiger partial charge on any atom is 0.472 e. The van der Waals surface area contributed by atoms with Gasteiger partial charge in [0, 0.05) is 6.42 Å². The molecule has 1 amide bonds. The predicted octanol–water partition coefficient (Wildman–Crippen LogP) is 10.1. The molecule has 1 unspecified atom stereocenters. The Kier molecular flexibility index (Phi) is 31.4. The van der Waals surface area contributed by atoms with Gasteiger partial charge in [-0.05, 0) is 64.2 Å². The number of carbonyl (C=O) groups is 1. The van der Waals surface area contributed by atoms with Crippen LogP contribution in [0.25, 0.3) is 0 Å². The minimum Gasteiger partial charge on any atom is -0.387 e. The van der Waals surface area contributed by atoms with Crippen molar-refractivity contribution < 1.29 is 32.9 Å². The summed E-state index contributed by atoms with van der Waals surface area (Å²) in [4.78, 5) is 23.0. The number of aliphatic hydroxyl groups excluding tert-OH is 1. The van der Waals surface area contributed by atoms with Gasteiger partial charge >= 0.3 is 7.82 Å². The van der Waals surface area contributed by atoms with Crippen molar-refractivity contribution in [3.05, 3.63) is 48.6 Å². The standard InChI is InChI=1S/C40H75N2O6P/c1-6-8-10-12-14-16-18-20-21-22-24-26-28-30-32-34-40(44)41-38(37-48-49(45,46)47-36-35-42(3,4)5)39(43)33-31-29-27-25-23-19-17-15-13-11-9-7-2/h14,16,20-21,23,25,31,33,38-39,43H,6-13,15,17-19,22,24,26-30,32,34-37H2,1-5H3,(H-,41,44,45,46)/p+1/b16-14+,21-20+,25-23+,33-31+/t38-,39+/m0/s1. The normalized spacial score (nSPS) is 15.2. The number of carbonyl (C=O) groups excluding carboxylic acids is 1. The highest BCUT2D eigenvalue weighted by molar-refractivity contribution is 7.47. The van der Waals surface area contributed by atoms with E-state index in [-0.39, 0.29) is 19.1 Å². The Morgan fingerprint density at radius 1 is 0.694 bits per heavy atom. The van der Waals surface area contributed by atoms with Crippen molar-refractivity contribution in [3.8, 4) is 0 Å². The third-order valence-electron chi connectivity index (χ3n) is 8.27. The van der Waals surface area contributed by atoms with Gasteiger partial charge in [0.05, 0.1) is 39.9 Å². The fraction of sp³-hybridized carbons (Fsp3) is 0.775. The van der Waals surface area contributed by atoms with E-state index in [2.05, 4.69) is 55.6 Å². The van der Waals surface area contributed by atoms with Crippen molar-refractivity contribution in [2.24, 2.45) is 0 Å². The quantitative estimate of drug-likeness (QED) is 0.0266. The predicted molar refractivity (Wildman–Crippen MR) is 207 cm³/mol. The summed E-state index contributed by atoms with van der Waals surface area (Å²) in [6.07, 6.45) is 38.9. The molecule has 0 aliphatic carbocycles. The monoisotopic (exact) mass is 712 g/mol. The summed E-state index contributed by atoms with van der Waals surface area (Å²) in [5.41, 5.74) is 0. The minimum absolute atomic E-state index is 0.0515. The SMILES string of the molecule is CCCCC/C=C/C/C=C/CCCCCCCC(=O)N[C@@H](COP(=O)(O)OCC[N+](C)(C)C)[C@H](O)/C=C/CC/C=C/CCCCCCCC. The van der Waals surface area contributed by atoms with E-state index in [1.165, 1.54) is 64.2 Å². The largest absolute Gasteiger partial charge is 0.472 e. The van der Waals surface area contributed by atoms with Gasteiger partial charge in [-0.15, -0.1) is 0 Å². The third kappa shape index (κ3) is 34.7. The molecule has 0 aromatic rings. The lowest BCUT2D eigenvalue weighted by Crippen LogP contribution is -2.45. The fourth-order valence-electron chi connectivity index (χ4n) is 5.08. The van der Waals surface area contributed by atoms with Gasteiger partial charge in [-0.2, -0.15) is 0 Å². The van der Waals surface area contributed by atoms with Gasteiger partial charge < -0.3 is 19.8 Å². The lowest BCUT2D eigenvalue weighted by molar-refractivity contribution is -0.870. The fourth-order valence-corrected chi connectivity index (χ4v) is 5.82. The number of phosphoric ester groups is 1. The van der Waals surface area contributed by atoms with Crippen LogP contribution in [0.3, 0.4) is 0 Å². The van der Waals surface area contributed by atoms with Gasteiger partial charge in [0.15, 0.2) is 0 Å². The van der Waals surface area contributed by atoms with E-state index in [1.54, 1.807) is 6.08 Å². The first-order valence-corrected chi connectivity index (χ1v) is 21.0. The van der Waals surface area contributed by atoms with E-state index in [0.29, 0.717) is 17.4 Å². The topological polar surface area (TPSA) is 105 Å². The first-order valence-electron chi connectivity index (χ1n) is 19.5. The number of quaternary nitrogens is 1. The molecule has 0 heterocycles. The van der Waals surface area contributed by atoms with Crippen LogP contribution in [0, 0.1) is 0 Å². The second-order valence-corrected chi connectivity index (χ2v) is 15.7. The Morgan fingerprint density at radius 3 is 1.80 bits per heavy atom. The number of amides is 1. The summed E-state index contributed by atoms with van der Waals surface area (Å²) in [5.74, 6) is -0.205. The number of likely N-dealkylation sites (N-methyl/N-ethyl adjacent to an activating group) is 1. The molecule has 8 nitrogen and oxygen atoms in total. The van der Waals surface area contributed by atoms with Crippen LogP contribution in [-0.4, -0.2) is 73.4 Å². The summed E-state index contributed by atoms with van der Waals surface area (Å²) < 4.78 is 23.4. The summed E-state index contributed by atoms with van der Waals surface area (Å²) in [6.45, 7) is 4.71. The van der Waals surface area contributed by atoms with Crippen molar-refractivity contribution in [2.75, 3.05) is 40.9 Å². The van der Waals surface area contributed by atoms with Gasteiger partial charge in [0.25, 0.3) is 0 Å². The van der Waals surface area contributed by atoms with Crippen LogP contribution in [0.5, 0.6) is 0 Å². The smallest absolute Gasteiger partial charge is 0.387 e. The number of aliphatic hydroxyl groups is 1. The molecule has 0 saturated carbocycles. The van der Waals surface area contributed by atoms with Crippen molar-refractivity contribution in [1.29, 1.82) is 0 Å². The van der Waals surface area contributed by atoms with E-state index in [9.17, 15) is 19.4 Å². The molecule has 0 aromatic heterocycles. The van der Waals surface area contributed by atoms with Crippen molar-refractivity contribution in [3.63, 3.8) is 0 Å². The Morgan fingerprint density at radius 2 is 1.18 bits per heavy atom. The van der Waals surface area contributed by atoms with Crippen LogP contribution in [0.2, 0.25) is 0 Å². The average molecular weight is 712 g/mol. The molecule has 3 N–H and O–H groups in total. The first kappa shape index (κ1) is 47.5. The molecule has 0 fully saturated rings. The average Bonchev–Trinajstić information content (AvgIpc) is 3.04. The zero-order valence-corrected chi connectivity index (χ0v) is 33.1. The van der Waals surface area contributed by atoms with Crippen LogP contribution < -0.4 is 5.32 Å².